The van der Waals surface area contributed by atoms with E-state index >= 15 is 0 Å². The van der Waals surface area contributed by atoms with E-state index in [0.717, 1.165) is 37.0 Å². The van der Waals surface area contributed by atoms with Crippen molar-refractivity contribution in [2.45, 2.75) is 58.4 Å². The van der Waals surface area contributed by atoms with Crippen molar-refractivity contribution < 1.29 is 4.74 Å². The average molecular weight is 275 g/mol. The molecule has 3 atom stereocenters. The maximum atomic E-state index is 6.42. The van der Waals surface area contributed by atoms with Gasteiger partial charge in [0, 0.05) is 12.0 Å². The van der Waals surface area contributed by atoms with Crippen LogP contribution in [0.2, 0.25) is 0 Å². The van der Waals surface area contributed by atoms with E-state index in [1.165, 1.54) is 18.4 Å². The molecule has 0 spiro atoms. The Morgan fingerprint density at radius 1 is 1.25 bits per heavy atom. The second kappa shape index (κ2) is 7.12. The predicted molar refractivity (Wildman–Crippen MR) is 85.1 cm³/mol. The Labute approximate surface area is 123 Å². The van der Waals surface area contributed by atoms with Gasteiger partial charge in [-0.15, -0.1) is 0 Å². The second-order valence-electron chi connectivity index (χ2n) is 6.47. The smallest absolute Gasteiger partial charge is 0.122 e. The number of hydrogen-bond donors (Lipinski definition) is 1. The molecule has 3 unspecified atom stereocenters. The van der Waals surface area contributed by atoms with E-state index in [1.54, 1.807) is 0 Å². The highest BCUT2D eigenvalue weighted by atomic mass is 16.5. The SMILES string of the molecule is CCCOc1ccccc1C1CC(C(C)C)CCC1N. The zero-order valence-corrected chi connectivity index (χ0v) is 13.1. The van der Waals surface area contributed by atoms with Gasteiger partial charge in [0.15, 0.2) is 0 Å². The number of nitrogens with two attached hydrogens (primary N) is 1. The molecule has 2 heteroatoms. The molecule has 1 fully saturated rings. The van der Waals surface area contributed by atoms with Gasteiger partial charge in [-0.1, -0.05) is 39.0 Å². The number of benzene rings is 1. The van der Waals surface area contributed by atoms with Gasteiger partial charge in [-0.2, -0.15) is 0 Å². The molecule has 1 aliphatic rings. The molecule has 1 aromatic carbocycles. The van der Waals surface area contributed by atoms with Crippen molar-refractivity contribution in [3.05, 3.63) is 29.8 Å². The molecular weight excluding hydrogens is 246 g/mol. The summed E-state index contributed by atoms with van der Waals surface area (Å²) in [4.78, 5) is 0. The standard InChI is InChI=1S/C18H29NO/c1-4-11-20-18-8-6-5-7-15(18)16-12-14(13(2)3)9-10-17(16)19/h5-8,13-14,16-17H,4,9-12,19H2,1-3H3. The predicted octanol–water partition coefficient (Wildman–Crippen LogP) is 4.34. The van der Waals surface area contributed by atoms with Crippen LogP contribution in [0.4, 0.5) is 0 Å². The van der Waals surface area contributed by atoms with E-state index in [0.29, 0.717) is 5.92 Å². The maximum Gasteiger partial charge on any atom is 0.122 e. The first-order valence-corrected chi connectivity index (χ1v) is 8.10. The van der Waals surface area contributed by atoms with Crippen LogP contribution in [0.25, 0.3) is 0 Å². The van der Waals surface area contributed by atoms with E-state index < -0.39 is 0 Å². The molecule has 0 aliphatic heterocycles. The lowest BCUT2D eigenvalue weighted by Crippen LogP contribution is -2.36. The summed E-state index contributed by atoms with van der Waals surface area (Å²) in [5, 5.41) is 0. The van der Waals surface area contributed by atoms with Crippen LogP contribution in [0.5, 0.6) is 5.75 Å². The summed E-state index contributed by atoms with van der Waals surface area (Å²) in [6, 6.07) is 8.74. The topological polar surface area (TPSA) is 35.2 Å². The third-order valence-corrected chi connectivity index (χ3v) is 4.67. The highest BCUT2D eigenvalue weighted by molar-refractivity contribution is 5.37. The van der Waals surface area contributed by atoms with Crippen LogP contribution in [-0.2, 0) is 0 Å². The number of ether oxygens (including phenoxy) is 1. The largest absolute Gasteiger partial charge is 0.493 e. The fourth-order valence-corrected chi connectivity index (χ4v) is 3.32. The van der Waals surface area contributed by atoms with Crippen LogP contribution < -0.4 is 10.5 Å². The molecule has 112 valence electrons. The van der Waals surface area contributed by atoms with Crippen molar-refractivity contribution in [2.24, 2.45) is 17.6 Å². The molecule has 0 saturated heterocycles. The number of hydrogen-bond acceptors (Lipinski definition) is 2. The second-order valence-corrected chi connectivity index (χ2v) is 6.47. The molecule has 0 bridgehead atoms. The van der Waals surface area contributed by atoms with Crippen molar-refractivity contribution in [3.8, 4) is 5.75 Å². The molecular formula is C18H29NO. The monoisotopic (exact) mass is 275 g/mol. The van der Waals surface area contributed by atoms with Crippen LogP contribution in [0.1, 0.15) is 57.9 Å². The zero-order valence-electron chi connectivity index (χ0n) is 13.1. The Morgan fingerprint density at radius 3 is 2.70 bits per heavy atom. The minimum absolute atomic E-state index is 0.274. The molecule has 1 saturated carbocycles. The molecule has 0 heterocycles. The molecule has 1 aliphatic carbocycles. The number of para-hydroxylation sites is 1. The Hall–Kier alpha value is -1.02. The van der Waals surface area contributed by atoms with Gasteiger partial charge in [0.25, 0.3) is 0 Å². The molecule has 20 heavy (non-hydrogen) atoms. The summed E-state index contributed by atoms with van der Waals surface area (Å²) in [5.74, 6) is 3.02. The number of rotatable bonds is 5. The van der Waals surface area contributed by atoms with E-state index in [2.05, 4.69) is 45.0 Å². The van der Waals surface area contributed by atoms with E-state index in [-0.39, 0.29) is 6.04 Å². The molecule has 2 N–H and O–H groups in total. The summed E-state index contributed by atoms with van der Waals surface area (Å²) in [7, 11) is 0. The highest BCUT2D eigenvalue weighted by Gasteiger charge is 2.32. The van der Waals surface area contributed by atoms with Crippen molar-refractivity contribution in [2.75, 3.05) is 6.61 Å². The lowest BCUT2D eigenvalue weighted by atomic mass is 9.71. The minimum atomic E-state index is 0.274. The van der Waals surface area contributed by atoms with Gasteiger partial charge in [-0.25, -0.2) is 0 Å². The van der Waals surface area contributed by atoms with Crippen molar-refractivity contribution in [3.63, 3.8) is 0 Å². The molecule has 2 nitrogen and oxygen atoms in total. The Morgan fingerprint density at radius 2 is 2.00 bits per heavy atom. The van der Waals surface area contributed by atoms with E-state index in [9.17, 15) is 0 Å². The van der Waals surface area contributed by atoms with Crippen molar-refractivity contribution in [1.29, 1.82) is 0 Å². The van der Waals surface area contributed by atoms with Crippen molar-refractivity contribution in [1.82, 2.24) is 0 Å². The van der Waals surface area contributed by atoms with E-state index in [4.69, 9.17) is 10.5 Å². The van der Waals surface area contributed by atoms with Gasteiger partial charge in [-0.05, 0) is 49.1 Å². The molecule has 0 radical (unpaired) electrons. The van der Waals surface area contributed by atoms with E-state index in [1.807, 2.05) is 0 Å². The highest BCUT2D eigenvalue weighted by Crippen LogP contribution is 2.41. The summed E-state index contributed by atoms with van der Waals surface area (Å²) >= 11 is 0. The van der Waals surface area contributed by atoms with Crippen LogP contribution >= 0.6 is 0 Å². The summed E-state index contributed by atoms with van der Waals surface area (Å²) in [5.41, 5.74) is 7.73. The van der Waals surface area contributed by atoms with Crippen LogP contribution in [-0.4, -0.2) is 12.6 Å². The van der Waals surface area contributed by atoms with Gasteiger partial charge >= 0.3 is 0 Å². The molecule has 2 rings (SSSR count). The maximum absolute atomic E-state index is 6.42. The molecule has 0 aromatic heterocycles. The Balaban J connectivity index is 2.19. The fourth-order valence-electron chi connectivity index (χ4n) is 3.32. The summed E-state index contributed by atoms with van der Waals surface area (Å²) in [6.07, 6.45) is 4.65. The van der Waals surface area contributed by atoms with Crippen LogP contribution in [0.15, 0.2) is 24.3 Å². The third-order valence-electron chi connectivity index (χ3n) is 4.67. The van der Waals surface area contributed by atoms with Crippen molar-refractivity contribution >= 4 is 0 Å². The summed E-state index contributed by atoms with van der Waals surface area (Å²) in [6.45, 7) is 7.59. The quantitative estimate of drug-likeness (QED) is 0.867. The first-order chi connectivity index (χ1) is 9.63. The first kappa shape index (κ1) is 15.4. The molecule has 1 aromatic rings. The lowest BCUT2D eigenvalue weighted by Gasteiger charge is -2.37. The summed E-state index contributed by atoms with van der Waals surface area (Å²) < 4.78 is 5.93. The normalized spacial score (nSPS) is 26.8. The van der Waals surface area contributed by atoms with Gasteiger partial charge in [-0.3, -0.25) is 0 Å². The van der Waals surface area contributed by atoms with Gasteiger partial charge < -0.3 is 10.5 Å². The molecule has 0 amide bonds. The van der Waals surface area contributed by atoms with Gasteiger partial charge in [0.2, 0.25) is 0 Å². The van der Waals surface area contributed by atoms with Gasteiger partial charge in [0.1, 0.15) is 5.75 Å². The fraction of sp³-hybridized carbons (Fsp3) is 0.667. The third kappa shape index (κ3) is 3.54. The van der Waals surface area contributed by atoms with Crippen LogP contribution in [0, 0.1) is 11.8 Å². The zero-order chi connectivity index (χ0) is 14.5. The Kier molecular flexibility index (Phi) is 5.47. The van der Waals surface area contributed by atoms with Gasteiger partial charge in [0.05, 0.1) is 6.61 Å². The minimum Gasteiger partial charge on any atom is -0.493 e. The lowest BCUT2D eigenvalue weighted by molar-refractivity contribution is 0.227. The average Bonchev–Trinajstić information content (AvgIpc) is 2.46. The first-order valence-electron chi connectivity index (χ1n) is 8.10. The Bertz CT molecular complexity index is 416. The van der Waals surface area contributed by atoms with Crippen LogP contribution in [0.3, 0.4) is 0 Å².